The summed E-state index contributed by atoms with van der Waals surface area (Å²) in [5.74, 6) is 1.42. The molecule has 0 aliphatic heterocycles. The van der Waals surface area contributed by atoms with E-state index in [2.05, 4.69) is 20.9 Å². The number of nitrogens with two attached hydrogens (primary N) is 1. The van der Waals surface area contributed by atoms with Gasteiger partial charge in [-0.3, -0.25) is 4.40 Å². The number of halogens is 1. The molecule has 0 saturated heterocycles. The third kappa shape index (κ3) is 1.94. The van der Waals surface area contributed by atoms with Crippen LogP contribution in [0.15, 0.2) is 40.9 Å². The summed E-state index contributed by atoms with van der Waals surface area (Å²) >= 11 is 3.51. The van der Waals surface area contributed by atoms with E-state index >= 15 is 0 Å². The number of nitrogens with zero attached hydrogens (tertiary/aromatic N) is 2. The second-order valence-corrected chi connectivity index (χ2v) is 5.39. The molecular weight excluding hydrogens is 318 g/mol. The molecule has 2 heterocycles. The Hall–Kier alpha value is -2.01. The number of hydrogen-bond acceptors (Lipinski definition) is 3. The Bertz CT molecular complexity index is 795. The van der Waals surface area contributed by atoms with E-state index in [1.807, 2.05) is 47.7 Å². The molecule has 2 aromatic heterocycles. The lowest BCUT2D eigenvalue weighted by Crippen LogP contribution is -1.98. The van der Waals surface area contributed by atoms with Gasteiger partial charge < -0.3 is 10.5 Å². The van der Waals surface area contributed by atoms with E-state index < -0.39 is 0 Å². The minimum Gasteiger partial charge on any atom is -0.497 e. The number of aromatic nitrogens is 2. The van der Waals surface area contributed by atoms with Gasteiger partial charge in [-0.05, 0) is 47.1 Å². The minimum absolute atomic E-state index is 0.632. The van der Waals surface area contributed by atoms with Gasteiger partial charge in [0.1, 0.15) is 22.9 Å². The second kappa shape index (κ2) is 4.83. The Kier molecular flexibility index (Phi) is 3.14. The van der Waals surface area contributed by atoms with Gasteiger partial charge in [-0.2, -0.15) is 0 Å². The van der Waals surface area contributed by atoms with E-state index in [1.54, 1.807) is 7.11 Å². The highest BCUT2D eigenvalue weighted by Gasteiger charge is 2.14. The molecule has 1 aromatic carbocycles. The van der Waals surface area contributed by atoms with Gasteiger partial charge in [0.2, 0.25) is 0 Å². The van der Waals surface area contributed by atoms with E-state index in [0.717, 1.165) is 32.8 Å². The van der Waals surface area contributed by atoms with Crippen LogP contribution in [0, 0.1) is 6.92 Å². The van der Waals surface area contributed by atoms with Gasteiger partial charge in [0.15, 0.2) is 0 Å². The zero-order valence-corrected chi connectivity index (χ0v) is 12.8. The summed E-state index contributed by atoms with van der Waals surface area (Å²) in [7, 11) is 1.65. The predicted octanol–water partition coefficient (Wildman–Crippen LogP) is 3.66. The van der Waals surface area contributed by atoms with Crippen LogP contribution in [-0.2, 0) is 0 Å². The number of nitrogen functional groups attached to an aromatic ring is 1. The summed E-state index contributed by atoms with van der Waals surface area (Å²) in [5, 5.41) is 0. The highest BCUT2D eigenvalue weighted by Crippen LogP contribution is 2.31. The molecule has 0 aliphatic carbocycles. The number of anilines is 1. The third-order valence-electron chi connectivity index (χ3n) is 3.34. The molecule has 102 valence electrons. The molecule has 0 bridgehead atoms. The number of fused-ring (bicyclic) bond motifs is 1. The number of methoxy groups -OCH3 is 1. The summed E-state index contributed by atoms with van der Waals surface area (Å²) in [5.41, 5.74) is 9.85. The van der Waals surface area contributed by atoms with Crippen LogP contribution in [0.5, 0.6) is 5.75 Å². The van der Waals surface area contributed by atoms with Crippen LogP contribution in [-0.4, -0.2) is 16.5 Å². The van der Waals surface area contributed by atoms with E-state index in [4.69, 9.17) is 10.5 Å². The average molecular weight is 332 g/mol. The van der Waals surface area contributed by atoms with Crippen molar-refractivity contribution in [3.63, 3.8) is 0 Å². The van der Waals surface area contributed by atoms with Crippen LogP contribution in [0.2, 0.25) is 0 Å². The Morgan fingerprint density at radius 1 is 1.25 bits per heavy atom. The average Bonchev–Trinajstić information content (AvgIpc) is 2.81. The van der Waals surface area contributed by atoms with Crippen molar-refractivity contribution in [2.45, 2.75) is 6.92 Å². The zero-order chi connectivity index (χ0) is 14.3. The number of aryl methyl sites for hydroxylation is 1. The van der Waals surface area contributed by atoms with Crippen molar-refractivity contribution in [3.8, 4) is 17.0 Å². The number of ether oxygens (including phenoxy) is 1. The van der Waals surface area contributed by atoms with Crippen molar-refractivity contribution >= 4 is 27.4 Å². The fourth-order valence-electron chi connectivity index (χ4n) is 2.27. The van der Waals surface area contributed by atoms with Crippen molar-refractivity contribution in [1.82, 2.24) is 9.38 Å². The van der Waals surface area contributed by atoms with Gasteiger partial charge in [0.25, 0.3) is 0 Å². The first-order valence-corrected chi connectivity index (χ1v) is 6.98. The fourth-order valence-corrected chi connectivity index (χ4v) is 2.58. The van der Waals surface area contributed by atoms with Crippen LogP contribution in [0.1, 0.15) is 5.69 Å². The summed E-state index contributed by atoms with van der Waals surface area (Å²) in [6.45, 7) is 2.00. The Labute approximate surface area is 125 Å². The molecule has 0 amide bonds. The number of benzene rings is 1. The van der Waals surface area contributed by atoms with Crippen LogP contribution in [0.3, 0.4) is 0 Å². The summed E-state index contributed by atoms with van der Waals surface area (Å²) in [6, 6.07) is 11.7. The zero-order valence-electron chi connectivity index (χ0n) is 11.2. The molecular formula is C15H14BrN3O. The molecule has 3 rings (SSSR count). The van der Waals surface area contributed by atoms with Crippen LogP contribution >= 0.6 is 15.9 Å². The molecule has 2 N–H and O–H groups in total. The third-order valence-corrected chi connectivity index (χ3v) is 4.18. The molecule has 0 fully saturated rings. The van der Waals surface area contributed by atoms with Gasteiger partial charge in [-0.25, -0.2) is 4.98 Å². The van der Waals surface area contributed by atoms with Crippen molar-refractivity contribution in [1.29, 1.82) is 0 Å². The maximum Gasteiger partial charge on any atom is 0.139 e. The number of hydrogen-bond donors (Lipinski definition) is 1. The molecule has 4 nitrogen and oxygen atoms in total. The number of pyridine rings is 1. The van der Waals surface area contributed by atoms with Crippen LogP contribution in [0.4, 0.5) is 5.82 Å². The predicted molar refractivity (Wildman–Crippen MR) is 84.0 cm³/mol. The van der Waals surface area contributed by atoms with E-state index in [0.29, 0.717) is 5.82 Å². The molecule has 3 aromatic rings. The highest BCUT2D eigenvalue weighted by molar-refractivity contribution is 9.10. The van der Waals surface area contributed by atoms with Gasteiger partial charge in [-0.15, -0.1) is 0 Å². The largest absolute Gasteiger partial charge is 0.497 e. The molecule has 0 saturated carbocycles. The van der Waals surface area contributed by atoms with Gasteiger partial charge in [0.05, 0.1) is 7.11 Å². The topological polar surface area (TPSA) is 52.5 Å². The number of imidazole rings is 1. The van der Waals surface area contributed by atoms with Crippen LogP contribution < -0.4 is 10.5 Å². The van der Waals surface area contributed by atoms with Gasteiger partial charge in [-0.1, -0.05) is 12.1 Å². The maximum atomic E-state index is 6.27. The molecule has 0 spiro atoms. The standard InChI is InChI=1S/C15H14BrN3O/c1-9-12(16)6-7-13-18-14(15(17)19(9)13)10-4-3-5-11(8-10)20-2/h3-8H,17H2,1-2H3. The van der Waals surface area contributed by atoms with Crippen molar-refractivity contribution < 1.29 is 4.74 Å². The van der Waals surface area contributed by atoms with E-state index in [9.17, 15) is 0 Å². The van der Waals surface area contributed by atoms with Crippen molar-refractivity contribution in [2.75, 3.05) is 12.8 Å². The molecule has 5 heteroatoms. The summed E-state index contributed by atoms with van der Waals surface area (Å²) in [4.78, 5) is 4.62. The van der Waals surface area contributed by atoms with Crippen LogP contribution in [0.25, 0.3) is 16.9 Å². The highest BCUT2D eigenvalue weighted by atomic mass is 79.9. The van der Waals surface area contributed by atoms with E-state index in [-0.39, 0.29) is 0 Å². The Balaban J connectivity index is 2.27. The fraction of sp³-hybridized carbons (Fsp3) is 0.133. The number of rotatable bonds is 2. The van der Waals surface area contributed by atoms with Gasteiger partial charge in [0, 0.05) is 15.7 Å². The maximum absolute atomic E-state index is 6.27. The molecule has 20 heavy (non-hydrogen) atoms. The molecule has 0 aliphatic rings. The first kappa shape index (κ1) is 13.0. The summed E-state index contributed by atoms with van der Waals surface area (Å²) in [6.07, 6.45) is 0. The SMILES string of the molecule is COc1cccc(-c2nc3ccc(Br)c(C)n3c2N)c1. The van der Waals surface area contributed by atoms with Crippen molar-refractivity contribution in [2.24, 2.45) is 0 Å². The van der Waals surface area contributed by atoms with E-state index in [1.165, 1.54) is 0 Å². The lowest BCUT2D eigenvalue weighted by molar-refractivity contribution is 0.415. The first-order valence-electron chi connectivity index (χ1n) is 6.19. The van der Waals surface area contributed by atoms with Gasteiger partial charge >= 0.3 is 0 Å². The second-order valence-electron chi connectivity index (χ2n) is 4.54. The Morgan fingerprint density at radius 2 is 2.05 bits per heavy atom. The smallest absolute Gasteiger partial charge is 0.139 e. The first-order chi connectivity index (χ1) is 9.61. The Morgan fingerprint density at radius 3 is 2.80 bits per heavy atom. The normalized spacial score (nSPS) is 10.9. The lowest BCUT2D eigenvalue weighted by atomic mass is 10.1. The minimum atomic E-state index is 0.632. The molecule has 0 unspecified atom stereocenters. The quantitative estimate of drug-likeness (QED) is 0.779. The lowest BCUT2D eigenvalue weighted by Gasteiger charge is -2.05. The molecule has 0 atom stereocenters. The van der Waals surface area contributed by atoms with Crippen molar-refractivity contribution in [3.05, 3.63) is 46.6 Å². The molecule has 0 radical (unpaired) electrons. The monoisotopic (exact) mass is 331 g/mol. The summed E-state index contributed by atoms with van der Waals surface area (Å²) < 4.78 is 8.20.